The van der Waals surface area contributed by atoms with Crippen molar-refractivity contribution in [3.05, 3.63) is 89.8 Å². The fourth-order valence-corrected chi connectivity index (χ4v) is 3.08. The number of methoxy groups -OCH3 is 1. The Bertz CT molecular complexity index is 1220. The number of carbonyl (C=O) groups is 2. The van der Waals surface area contributed by atoms with Gasteiger partial charge >= 0.3 is 5.97 Å². The average Bonchev–Trinajstić information content (AvgIpc) is 3.39. The quantitative estimate of drug-likeness (QED) is 0.303. The van der Waals surface area contributed by atoms with Gasteiger partial charge in [0.15, 0.2) is 0 Å². The first-order valence-corrected chi connectivity index (χ1v) is 9.14. The number of furan rings is 1. The molecule has 30 heavy (non-hydrogen) atoms. The van der Waals surface area contributed by atoms with E-state index in [-0.39, 0.29) is 11.7 Å². The summed E-state index contributed by atoms with van der Waals surface area (Å²) in [6, 6.07) is 14.4. The van der Waals surface area contributed by atoms with Crippen LogP contribution in [0.4, 0.5) is 0 Å². The number of esters is 1. The van der Waals surface area contributed by atoms with Crippen molar-refractivity contribution < 1.29 is 18.7 Å². The minimum Gasteiger partial charge on any atom is -0.463 e. The number of nitrogens with one attached hydrogen (secondary N) is 1. The van der Waals surface area contributed by atoms with E-state index in [9.17, 15) is 9.59 Å². The van der Waals surface area contributed by atoms with Crippen molar-refractivity contribution in [1.82, 2.24) is 15.0 Å². The van der Waals surface area contributed by atoms with Crippen LogP contribution in [0.15, 0.2) is 76.6 Å². The Kier molecular flexibility index (Phi) is 5.38. The number of fused-ring (bicyclic) bond motifs is 1. The lowest BCUT2D eigenvalue weighted by atomic mass is 10.2. The van der Waals surface area contributed by atoms with Crippen LogP contribution in [0.1, 0.15) is 32.2 Å². The Hall–Kier alpha value is -4.20. The maximum absolute atomic E-state index is 12.1. The van der Waals surface area contributed by atoms with Gasteiger partial charge in [-0.2, -0.15) is 5.10 Å². The second-order valence-corrected chi connectivity index (χ2v) is 6.42. The molecule has 0 atom stereocenters. The van der Waals surface area contributed by atoms with Crippen LogP contribution in [0.2, 0.25) is 0 Å². The Balaban J connectivity index is 1.55. The van der Waals surface area contributed by atoms with E-state index in [2.05, 4.69) is 20.2 Å². The molecule has 150 valence electrons. The summed E-state index contributed by atoms with van der Waals surface area (Å²) in [6.07, 6.45) is 6.60. The van der Waals surface area contributed by atoms with Crippen LogP contribution in [-0.2, 0) is 11.3 Å². The molecule has 0 spiro atoms. The molecule has 1 aromatic carbocycles. The second-order valence-electron chi connectivity index (χ2n) is 6.42. The third-order valence-electron chi connectivity index (χ3n) is 4.51. The van der Waals surface area contributed by atoms with E-state index in [0.717, 1.165) is 16.5 Å². The van der Waals surface area contributed by atoms with Crippen molar-refractivity contribution in [2.45, 2.75) is 6.54 Å². The molecule has 0 aliphatic carbocycles. The maximum atomic E-state index is 12.1. The van der Waals surface area contributed by atoms with Gasteiger partial charge in [0.1, 0.15) is 5.76 Å². The Morgan fingerprint density at radius 1 is 1.17 bits per heavy atom. The largest absolute Gasteiger partial charge is 0.463 e. The molecule has 0 fully saturated rings. The summed E-state index contributed by atoms with van der Waals surface area (Å²) in [5.41, 5.74) is 4.79. The number of hydrazone groups is 1. The summed E-state index contributed by atoms with van der Waals surface area (Å²) >= 11 is 0. The highest BCUT2D eigenvalue weighted by atomic mass is 16.5. The third kappa shape index (κ3) is 3.97. The van der Waals surface area contributed by atoms with Crippen LogP contribution in [0.25, 0.3) is 10.9 Å². The first-order chi connectivity index (χ1) is 14.7. The predicted molar refractivity (Wildman–Crippen MR) is 110 cm³/mol. The molecule has 1 amide bonds. The highest BCUT2D eigenvalue weighted by Crippen LogP contribution is 2.22. The van der Waals surface area contributed by atoms with Crippen LogP contribution in [0.5, 0.6) is 0 Å². The Morgan fingerprint density at radius 3 is 2.77 bits per heavy atom. The van der Waals surface area contributed by atoms with Crippen LogP contribution in [0, 0.1) is 0 Å². The van der Waals surface area contributed by atoms with Crippen molar-refractivity contribution in [2.24, 2.45) is 5.10 Å². The molecule has 0 saturated heterocycles. The van der Waals surface area contributed by atoms with Gasteiger partial charge in [-0.05, 0) is 30.3 Å². The summed E-state index contributed by atoms with van der Waals surface area (Å²) in [6.45, 7) is 0.425. The van der Waals surface area contributed by atoms with Gasteiger partial charge in [-0.3, -0.25) is 9.78 Å². The number of amides is 1. The zero-order chi connectivity index (χ0) is 20.9. The monoisotopic (exact) mass is 402 g/mol. The van der Waals surface area contributed by atoms with Gasteiger partial charge in [0.25, 0.3) is 5.91 Å². The Morgan fingerprint density at radius 2 is 1.97 bits per heavy atom. The fourth-order valence-electron chi connectivity index (χ4n) is 3.08. The van der Waals surface area contributed by atoms with E-state index in [1.165, 1.54) is 7.11 Å². The van der Waals surface area contributed by atoms with Crippen LogP contribution in [0.3, 0.4) is 0 Å². The van der Waals surface area contributed by atoms with Crippen molar-refractivity contribution in [3.63, 3.8) is 0 Å². The molecule has 0 radical (unpaired) electrons. The number of pyridine rings is 1. The minimum atomic E-state index is -0.517. The Labute approximate surface area is 171 Å². The molecule has 1 N–H and O–H groups in total. The topological polar surface area (TPSA) is 98.7 Å². The molecule has 0 saturated carbocycles. The second kappa shape index (κ2) is 8.44. The normalized spacial score (nSPS) is 11.1. The molecule has 8 heteroatoms. The van der Waals surface area contributed by atoms with Gasteiger partial charge in [0.05, 0.1) is 19.9 Å². The van der Waals surface area contributed by atoms with Gasteiger partial charge in [0, 0.05) is 40.6 Å². The molecular weight excluding hydrogens is 384 g/mol. The maximum Gasteiger partial charge on any atom is 0.373 e. The molecule has 4 aromatic rings. The summed E-state index contributed by atoms with van der Waals surface area (Å²) < 4.78 is 12.2. The zero-order valence-electron chi connectivity index (χ0n) is 16.1. The molecule has 8 nitrogen and oxygen atoms in total. The summed E-state index contributed by atoms with van der Waals surface area (Å²) in [5, 5.41) is 5.06. The minimum absolute atomic E-state index is 0.157. The molecule has 4 rings (SSSR count). The number of nitrogens with zero attached hydrogens (tertiary/aromatic N) is 3. The van der Waals surface area contributed by atoms with Crippen LogP contribution in [-0.4, -0.2) is 34.8 Å². The van der Waals surface area contributed by atoms with E-state index < -0.39 is 5.97 Å². The number of benzene rings is 1. The predicted octanol–water partition coefficient (Wildman–Crippen LogP) is 3.23. The van der Waals surface area contributed by atoms with Crippen molar-refractivity contribution >= 4 is 29.0 Å². The van der Waals surface area contributed by atoms with Crippen molar-refractivity contribution in [3.8, 4) is 0 Å². The average molecular weight is 402 g/mol. The standard InChI is InChI=1S/C22H18N4O4/c1-29-22(28)20-7-6-17(30-20)14-26-13-16(18-4-2-3-5-19(18)26)12-24-25-21(27)15-8-10-23-11-9-15/h2-13H,14H2,1H3,(H,25,27)/b24-12-. The lowest BCUT2D eigenvalue weighted by molar-refractivity contribution is 0.0562. The van der Waals surface area contributed by atoms with Gasteiger partial charge in [-0.1, -0.05) is 18.2 Å². The van der Waals surface area contributed by atoms with Gasteiger partial charge < -0.3 is 13.7 Å². The molecule has 0 unspecified atom stereocenters. The van der Waals surface area contributed by atoms with E-state index in [4.69, 9.17) is 4.42 Å². The van der Waals surface area contributed by atoms with Gasteiger partial charge in [0.2, 0.25) is 5.76 Å². The summed E-state index contributed by atoms with van der Waals surface area (Å²) in [7, 11) is 1.31. The number of carbonyl (C=O) groups excluding carboxylic acids is 2. The lowest BCUT2D eigenvalue weighted by Gasteiger charge is -2.02. The number of aromatic nitrogens is 2. The van der Waals surface area contributed by atoms with Crippen LogP contribution < -0.4 is 5.43 Å². The van der Waals surface area contributed by atoms with E-state index in [1.54, 1.807) is 42.9 Å². The number of ether oxygens (including phenoxy) is 1. The first-order valence-electron chi connectivity index (χ1n) is 9.14. The highest BCUT2D eigenvalue weighted by molar-refractivity contribution is 6.00. The van der Waals surface area contributed by atoms with E-state index in [1.807, 2.05) is 35.0 Å². The van der Waals surface area contributed by atoms with Crippen molar-refractivity contribution in [1.29, 1.82) is 0 Å². The summed E-state index contributed by atoms with van der Waals surface area (Å²) in [4.78, 5) is 27.6. The van der Waals surface area contributed by atoms with Crippen LogP contribution >= 0.6 is 0 Å². The molecule has 0 bridgehead atoms. The molecule has 3 aromatic heterocycles. The molecular formula is C22H18N4O4. The van der Waals surface area contributed by atoms with Gasteiger partial charge in [-0.25, -0.2) is 10.2 Å². The van der Waals surface area contributed by atoms with Gasteiger partial charge in [-0.15, -0.1) is 0 Å². The smallest absolute Gasteiger partial charge is 0.373 e. The number of hydrogen-bond acceptors (Lipinski definition) is 6. The number of rotatable bonds is 6. The number of hydrogen-bond donors (Lipinski definition) is 1. The number of para-hydroxylation sites is 1. The highest BCUT2D eigenvalue weighted by Gasteiger charge is 2.13. The molecule has 0 aliphatic rings. The third-order valence-corrected chi connectivity index (χ3v) is 4.51. The SMILES string of the molecule is COC(=O)c1ccc(Cn2cc(/C=N\NC(=O)c3ccncc3)c3ccccc32)o1. The lowest BCUT2D eigenvalue weighted by Crippen LogP contribution is -2.17. The molecule has 3 heterocycles. The first kappa shape index (κ1) is 19.1. The summed E-state index contributed by atoms with van der Waals surface area (Å²) in [5.74, 6) is -0.0603. The van der Waals surface area contributed by atoms with Crippen molar-refractivity contribution in [2.75, 3.05) is 7.11 Å². The van der Waals surface area contributed by atoms with E-state index >= 15 is 0 Å². The zero-order valence-corrected chi connectivity index (χ0v) is 16.1. The van der Waals surface area contributed by atoms with E-state index in [0.29, 0.717) is 17.9 Å². The molecule has 0 aliphatic heterocycles. The fraction of sp³-hybridized carbons (Fsp3) is 0.0909.